The number of nitrogens with zero attached hydrogens (tertiary/aromatic N) is 1. The molecular weight excluding hydrogens is 342 g/mol. The smallest absolute Gasteiger partial charge is 0.321 e. The van der Waals surface area contributed by atoms with Crippen molar-refractivity contribution in [2.24, 2.45) is 0 Å². The Bertz CT molecular complexity index is 763. The van der Waals surface area contributed by atoms with Crippen LogP contribution in [0.15, 0.2) is 42.5 Å². The zero-order valence-corrected chi connectivity index (χ0v) is 15.1. The third kappa shape index (κ3) is 5.39. The standard InChI is InChI=1S/C18H20ClN3O3/c1-12(23)20-15-8-9-17(25-3)16(10-15)21-18(24)22(2)11-13-4-6-14(19)7-5-13/h4-10H,11H2,1-3H3,(H,20,23)(H,21,24). The molecule has 0 aliphatic heterocycles. The summed E-state index contributed by atoms with van der Waals surface area (Å²) in [6.45, 7) is 1.85. The third-order valence-corrected chi connectivity index (χ3v) is 3.69. The van der Waals surface area contributed by atoms with Crippen LogP contribution in [-0.4, -0.2) is 31.0 Å². The molecule has 0 saturated heterocycles. The molecule has 0 aliphatic carbocycles. The highest BCUT2D eigenvalue weighted by atomic mass is 35.5. The van der Waals surface area contributed by atoms with Crippen LogP contribution in [0.2, 0.25) is 5.02 Å². The number of rotatable bonds is 5. The quantitative estimate of drug-likeness (QED) is 0.846. The molecule has 0 atom stereocenters. The van der Waals surface area contributed by atoms with Crippen LogP contribution < -0.4 is 15.4 Å². The van der Waals surface area contributed by atoms with E-state index in [9.17, 15) is 9.59 Å². The SMILES string of the molecule is COc1ccc(NC(C)=O)cc1NC(=O)N(C)Cc1ccc(Cl)cc1. The summed E-state index contributed by atoms with van der Waals surface area (Å²) in [5, 5.41) is 6.11. The number of ether oxygens (including phenoxy) is 1. The Hall–Kier alpha value is -2.73. The molecule has 7 heteroatoms. The first-order chi connectivity index (χ1) is 11.9. The van der Waals surface area contributed by atoms with E-state index in [-0.39, 0.29) is 11.9 Å². The number of benzene rings is 2. The van der Waals surface area contributed by atoms with E-state index in [1.54, 1.807) is 37.4 Å². The second-order valence-electron chi connectivity index (χ2n) is 5.51. The highest BCUT2D eigenvalue weighted by Gasteiger charge is 2.13. The summed E-state index contributed by atoms with van der Waals surface area (Å²) < 4.78 is 5.26. The Kier molecular flexibility index (Phi) is 6.25. The molecule has 132 valence electrons. The van der Waals surface area contributed by atoms with Gasteiger partial charge in [-0.3, -0.25) is 4.79 Å². The van der Waals surface area contributed by atoms with Crippen molar-refractivity contribution in [2.75, 3.05) is 24.8 Å². The van der Waals surface area contributed by atoms with Gasteiger partial charge in [-0.25, -0.2) is 4.79 Å². The first-order valence-electron chi connectivity index (χ1n) is 7.61. The Morgan fingerprint density at radius 1 is 1.12 bits per heavy atom. The number of amides is 3. The number of anilines is 2. The van der Waals surface area contributed by atoms with Gasteiger partial charge in [0.15, 0.2) is 0 Å². The average molecular weight is 362 g/mol. The van der Waals surface area contributed by atoms with Crippen molar-refractivity contribution in [3.8, 4) is 5.75 Å². The number of carbonyl (C=O) groups excluding carboxylic acids is 2. The number of methoxy groups -OCH3 is 1. The zero-order valence-electron chi connectivity index (χ0n) is 14.3. The highest BCUT2D eigenvalue weighted by molar-refractivity contribution is 6.30. The molecule has 0 spiro atoms. The molecule has 2 aromatic carbocycles. The maximum absolute atomic E-state index is 12.4. The van der Waals surface area contributed by atoms with Gasteiger partial charge in [0.1, 0.15) is 5.75 Å². The summed E-state index contributed by atoms with van der Waals surface area (Å²) in [6.07, 6.45) is 0. The minimum absolute atomic E-state index is 0.192. The van der Waals surface area contributed by atoms with Crippen LogP contribution in [0.25, 0.3) is 0 Å². The summed E-state index contributed by atoms with van der Waals surface area (Å²) in [5.41, 5.74) is 2.01. The fourth-order valence-corrected chi connectivity index (χ4v) is 2.36. The second-order valence-corrected chi connectivity index (χ2v) is 5.95. The third-order valence-electron chi connectivity index (χ3n) is 3.44. The van der Waals surface area contributed by atoms with E-state index in [2.05, 4.69) is 10.6 Å². The summed E-state index contributed by atoms with van der Waals surface area (Å²) in [5.74, 6) is 0.310. The molecule has 0 fully saturated rings. The van der Waals surface area contributed by atoms with Crippen LogP contribution in [-0.2, 0) is 11.3 Å². The van der Waals surface area contributed by atoms with Crippen LogP contribution in [0, 0.1) is 0 Å². The van der Waals surface area contributed by atoms with E-state index in [4.69, 9.17) is 16.3 Å². The van der Waals surface area contributed by atoms with Crippen molar-refractivity contribution >= 4 is 34.9 Å². The Labute approximate surface area is 151 Å². The summed E-state index contributed by atoms with van der Waals surface area (Å²) in [6, 6.07) is 12.0. The van der Waals surface area contributed by atoms with Gasteiger partial charge < -0.3 is 20.3 Å². The van der Waals surface area contributed by atoms with E-state index >= 15 is 0 Å². The normalized spacial score (nSPS) is 10.1. The van der Waals surface area contributed by atoms with Crippen molar-refractivity contribution in [2.45, 2.75) is 13.5 Å². The van der Waals surface area contributed by atoms with Crippen LogP contribution in [0.5, 0.6) is 5.75 Å². The van der Waals surface area contributed by atoms with Gasteiger partial charge in [0.2, 0.25) is 5.91 Å². The van der Waals surface area contributed by atoms with E-state index in [1.807, 2.05) is 12.1 Å². The fraction of sp³-hybridized carbons (Fsp3) is 0.222. The van der Waals surface area contributed by atoms with E-state index in [1.165, 1.54) is 18.9 Å². The maximum Gasteiger partial charge on any atom is 0.321 e. The number of hydrogen-bond acceptors (Lipinski definition) is 3. The minimum Gasteiger partial charge on any atom is -0.495 e. The van der Waals surface area contributed by atoms with Gasteiger partial charge in [0, 0.05) is 31.2 Å². The molecule has 2 rings (SSSR count). The largest absolute Gasteiger partial charge is 0.495 e. The van der Waals surface area contributed by atoms with Crippen LogP contribution >= 0.6 is 11.6 Å². The molecule has 6 nitrogen and oxygen atoms in total. The number of nitrogens with one attached hydrogen (secondary N) is 2. The molecule has 0 aliphatic rings. The van der Waals surface area contributed by atoms with E-state index in [0.717, 1.165) is 5.56 Å². The molecular formula is C18H20ClN3O3. The number of urea groups is 1. The van der Waals surface area contributed by atoms with Gasteiger partial charge in [-0.1, -0.05) is 23.7 Å². The van der Waals surface area contributed by atoms with Gasteiger partial charge in [-0.2, -0.15) is 0 Å². The van der Waals surface area contributed by atoms with Crippen molar-refractivity contribution in [3.05, 3.63) is 53.1 Å². The molecule has 2 N–H and O–H groups in total. The first-order valence-corrected chi connectivity index (χ1v) is 7.99. The maximum atomic E-state index is 12.4. The lowest BCUT2D eigenvalue weighted by atomic mass is 10.2. The van der Waals surface area contributed by atoms with Gasteiger partial charge in [0.25, 0.3) is 0 Å². The Morgan fingerprint density at radius 3 is 2.40 bits per heavy atom. The lowest BCUT2D eigenvalue weighted by Gasteiger charge is -2.19. The lowest BCUT2D eigenvalue weighted by molar-refractivity contribution is -0.114. The van der Waals surface area contributed by atoms with Crippen LogP contribution in [0.3, 0.4) is 0 Å². The second kappa shape index (κ2) is 8.39. The molecule has 0 bridgehead atoms. The highest BCUT2D eigenvalue weighted by Crippen LogP contribution is 2.28. The number of halogens is 1. The zero-order chi connectivity index (χ0) is 18.4. The average Bonchev–Trinajstić information content (AvgIpc) is 2.56. The van der Waals surface area contributed by atoms with Gasteiger partial charge in [0.05, 0.1) is 12.8 Å². The molecule has 0 radical (unpaired) electrons. The first kappa shape index (κ1) is 18.6. The molecule has 0 saturated carbocycles. The van der Waals surface area contributed by atoms with E-state index in [0.29, 0.717) is 28.7 Å². The van der Waals surface area contributed by atoms with Crippen molar-refractivity contribution in [1.29, 1.82) is 0 Å². The molecule has 25 heavy (non-hydrogen) atoms. The summed E-state index contributed by atoms with van der Waals surface area (Å²) >= 11 is 5.87. The Morgan fingerprint density at radius 2 is 1.80 bits per heavy atom. The monoisotopic (exact) mass is 361 g/mol. The molecule has 0 heterocycles. The lowest BCUT2D eigenvalue weighted by Crippen LogP contribution is -2.31. The molecule has 0 aromatic heterocycles. The molecule has 2 aromatic rings. The number of carbonyl (C=O) groups is 2. The summed E-state index contributed by atoms with van der Waals surface area (Å²) in [7, 11) is 3.20. The van der Waals surface area contributed by atoms with Crippen molar-refractivity contribution in [1.82, 2.24) is 4.90 Å². The van der Waals surface area contributed by atoms with Gasteiger partial charge >= 0.3 is 6.03 Å². The van der Waals surface area contributed by atoms with Crippen LogP contribution in [0.4, 0.5) is 16.2 Å². The predicted octanol–water partition coefficient (Wildman–Crippen LogP) is 3.97. The molecule has 0 unspecified atom stereocenters. The topological polar surface area (TPSA) is 70.7 Å². The van der Waals surface area contributed by atoms with E-state index < -0.39 is 0 Å². The summed E-state index contributed by atoms with van der Waals surface area (Å²) in [4.78, 5) is 25.2. The molecule has 3 amide bonds. The minimum atomic E-state index is -0.298. The van der Waals surface area contributed by atoms with Gasteiger partial charge in [-0.15, -0.1) is 0 Å². The van der Waals surface area contributed by atoms with Gasteiger partial charge in [-0.05, 0) is 35.9 Å². The van der Waals surface area contributed by atoms with Crippen molar-refractivity contribution < 1.29 is 14.3 Å². The van der Waals surface area contributed by atoms with Crippen molar-refractivity contribution in [3.63, 3.8) is 0 Å². The Balaban J connectivity index is 2.09. The number of hydrogen-bond donors (Lipinski definition) is 2. The predicted molar refractivity (Wildman–Crippen MR) is 99.2 cm³/mol. The van der Waals surface area contributed by atoms with Crippen LogP contribution in [0.1, 0.15) is 12.5 Å². The fourth-order valence-electron chi connectivity index (χ4n) is 2.23.